The van der Waals surface area contributed by atoms with Gasteiger partial charge in [-0.1, -0.05) is 13.3 Å². The highest BCUT2D eigenvalue weighted by molar-refractivity contribution is 5.02. The molecule has 2 N–H and O–H groups in total. The van der Waals surface area contributed by atoms with Crippen LogP contribution in [-0.4, -0.2) is 48.8 Å². The second kappa shape index (κ2) is 5.68. The summed E-state index contributed by atoms with van der Waals surface area (Å²) < 4.78 is 0. The lowest BCUT2D eigenvalue weighted by Gasteiger charge is -2.40. The standard InChI is InChI=1S/C14H28N2O/c1-3-12-6-8-16(9-7-12)10-14(11-17,15-2)13-4-5-13/h12-13,15,17H,3-11H2,1-2H3. The maximum Gasteiger partial charge on any atom is 0.0628 e. The molecule has 100 valence electrons. The highest BCUT2D eigenvalue weighted by atomic mass is 16.3. The SMILES string of the molecule is CCC1CCN(CC(CO)(NC)C2CC2)CC1. The van der Waals surface area contributed by atoms with Crippen LogP contribution in [0.2, 0.25) is 0 Å². The number of hydrogen-bond acceptors (Lipinski definition) is 3. The molecule has 1 aliphatic heterocycles. The smallest absolute Gasteiger partial charge is 0.0628 e. The van der Waals surface area contributed by atoms with E-state index in [1.807, 2.05) is 7.05 Å². The van der Waals surface area contributed by atoms with Gasteiger partial charge >= 0.3 is 0 Å². The molecule has 1 aliphatic carbocycles. The molecule has 1 heterocycles. The summed E-state index contributed by atoms with van der Waals surface area (Å²) in [5.41, 5.74) is -0.0287. The van der Waals surface area contributed by atoms with Gasteiger partial charge in [-0.2, -0.15) is 0 Å². The van der Waals surface area contributed by atoms with Crippen molar-refractivity contribution in [2.75, 3.05) is 33.3 Å². The number of rotatable bonds is 6. The Morgan fingerprint density at radius 1 is 1.24 bits per heavy atom. The molecule has 1 atom stereocenters. The molecule has 0 aromatic rings. The first-order valence-corrected chi connectivity index (χ1v) is 7.26. The Morgan fingerprint density at radius 2 is 1.88 bits per heavy atom. The van der Waals surface area contributed by atoms with Gasteiger partial charge < -0.3 is 15.3 Å². The molecule has 0 aromatic carbocycles. The van der Waals surface area contributed by atoms with Gasteiger partial charge in [-0.25, -0.2) is 0 Å². The van der Waals surface area contributed by atoms with Crippen molar-refractivity contribution in [3.05, 3.63) is 0 Å². The Kier molecular flexibility index (Phi) is 4.45. The highest BCUT2D eigenvalue weighted by Crippen LogP contribution is 2.40. The van der Waals surface area contributed by atoms with Gasteiger partial charge in [0.05, 0.1) is 12.1 Å². The summed E-state index contributed by atoms with van der Waals surface area (Å²) in [4.78, 5) is 2.55. The van der Waals surface area contributed by atoms with Gasteiger partial charge in [-0.15, -0.1) is 0 Å². The van der Waals surface area contributed by atoms with Crippen molar-refractivity contribution >= 4 is 0 Å². The molecule has 0 spiro atoms. The number of aliphatic hydroxyl groups excluding tert-OH is 1. The lowest BCUT2D eigenvalue weighted by atomic mass is 9.90. The van der Waals surface area contributed by atoms with E-state index in [1.165, 1.54) is 45.2 Å². The number of likely N-dealkylation sites (tertiary alicyclic amines) is 1. The summed E-state index contributed by atoms with van der Waals surface area (Å²) in [6.45, 7) is 6.04. The van der Waals surface area contributed by atoms with Gasteiger partial charge in [0.2, 0.25) is 0 Å². The Bertz CT molecular complexity index is 228. The number of piperidine rings is 1. The lowest BCUT2D eigenvalue weighted by molar-refractivity contribution is 0.0772. The van der Waals surface area contributed by atoms with Gasteiger partial charge in [-0.3, -0.25) is 0 Å². The Labute approximate surface area is 106 Å². The van der Waals surface area contributed by atoms with Crippen LogP contribution in [0.1, 0.15) is 39.0 Å². The topological polar surface area (TPSA) is 35.5 Å². The van der Waals surface area contributed by atoms with Crippen LogP contribution in [0.15, 0.2) is 0 Å². The summed E-state index contributed by atoms with van der Waals surface area (Å²) in [6.07, 6.45) is 6.58. The summed E-state index contributed by atoms with van der Waals surface area (Å²) in [5, 5.41) is 13.1. The van der Waals surface area contributed by atoms with E-state index in [-0.39, 0.29) is 12.1 Å². The number of likely N-dealkylation sites (N-methyl/N-ethyl adjacent to an activating group) is 1. The normalized spacial score (nSPS) is 27.0. The van der Waals surface area contributed by atoms with Gasteiger partial charge in [0.25, 0.3) is 0 Å². The third-order valence-electron chi connectivity index (χ3n) is 4.93. The minimum atomic E-state index is -0.0287. The predicted octanol–water partition coefficient (Wildman–Crippen LogP) is 1.47. The van der Waals surface area contributed by atoms with Crippen LogP contribution in [0, 0.1) is 11.8 Å². The molecule has 1 saturated carbocycles. The van der Waals surface area contributed by atoms with Crippen LogP contribution in [-0.2, 0) is 0 Å². The largest absolute Gasteiger partial charge is 0.394 e. The molecule has 2 aliphatic rings. The zero-order chi connectivity index (χ0) is 12.3. The minimum Gasteiger partial charge on any atom is -0.394 e. The first kappa shape index (κ1) is 13.3. The molecule has 0 radical (unpaired) electrons. The molecule has 1 unspecified atom stereocenters. The average Bonchev–Trinajstić information content (AvgIpc) is 3.21. The fourth-order valence-electron chi connectivity index (χ4n) is 3.26. The molecular weight excluding hydrogens is 212 g/mol. The predicted molar refractivity (Wildman–Crippen MR) is 71.1 cm³/mol. The third-order valence-corrected chi connectivity index (χ3v) is 4.93. The van der Waals surface area contributed by atoms with E-state index in [2.05, 4.69) is 17.1 Å². The monoisotopic (exact) mass is 240 g/mol. The quantitative estimate of drug-likeness (QED) is 0.738. The van der Waals surface area contributed by atoms with Crippen molar-refractivity contribution in [3.63, 3.8) is 0 Å². The van der Waals surface area contributed by atoms with E-state index in [1.54, 1.807) is 0 Å². The van der Waals surface area contributed by atoms with Crippen LogP contribution in [0.5, 0.6) is 0 Å². The van der Waals surface area contributed by atoms with Crippen LogP contribution >= 0.6 is 0 Å². The summed E-state index contributed by atoms with van der Waals surface area (Å²) >= 11 is 0. The summed E-state index contributed by atoms with van der Waals surface area (Å²) in [7, 11) is 2.01. The molecule has 1 saturated heterocycles. The van der Waals surface area contributed by atoms with Crippen molar-refractivity contribution in [2.45, 2.75) is 44.6 Å². The second-order valence-electron chi connectivity index (χ2n) is 5.97. The molecule has 2 fully saturated rings. The number of hydrogen-bond donors (Lipinski definition) is 2. The van der Waals surface area contributed by atoms with E-state index < -0.39 is 0 Å². The van der Waals surface area contributed by atoms with Gasteiger partial charge in [0.15, 0.2) is 0 Å². The van der Waals surface area contributed by atoms with Crippen molar-refractivity contribution in [1.82, 2.24) is 10.2 Å². The molecule has 3 heteroatoms. The molecule has 0 amide bonds. The van der Waals surface area contributed by atoms with Crippen LogP contribution in [0.3, 0.4) is 0 Å². The maximum atomic E-state index is 9.73. The van der Waals surface area contributed by atoms with Gasteiger partial charge in [0.1, 0.15) is 0 Å². The van der Waals surface area contributed by atoms with E-state index in [0.29, 0.717) is 5.92 Å². The van der Waals surface area contributed by atoms with E-state index in [9.17, 15) is 5.11 Å². The van der Waals surface area contributed by atoms with Crippen LogP contribution in [0.25, 0.3) is 0 Å². The van der Waals surface area contributed by atoms with Crippen LogP contribution < -0.4 is 5.32 Å². The van der Waals surface area contributed by atoms with Gasteiger partial charge in [-0.05, 0) is 57.7 Å². The fourth-order valence-corrected chi connectivity index (χ4v) is 3.26. The molecule has 0 aromatic heterocycles. The zero-order valence-corrected chi connectivity index (χ0v) is 11.4. The Hall–Kier alpha value is -0.120. The van der Waals surface area contributed by atoms with Crippen molar-refractivity contribution in [3.8, 4) is 0 Å². The first-order valence-electron chi connectivity index (χ1n) is 7.26. The molecule has 0 bridgehead atoms. The minimum absolute atomic E-state index is 0.0287. The Balaban J connectivity index is 1.86. The van der Waals surface area contributed by atoms with Crippen molar-refractivity contribution in [2.24, 2.45) is 11.8 Å². The second-order valence-corrected chi connectivity index (χ2v) is 5.97. The molecular formula is C14H28N2O. The summed E-state index contributed by atoms with van der Waals surface area (Å²) in [6, 6.07) is 0. The molecule has 2 rings (SSSR count). The maximum absolute atomic E-state index is 9.73. The van der Waals surface area contributed by atoms with E-state index in [0.717, 1.165) is 12.5 Å². The lowest BCUT2D eigenvalue weighted by Crippen LogP contribution is -2.57. The number of nitrogens with one attached hydrogen (secondary N) is 1. The Morgan fingerprint density at radius 3 is 2.29 bits per heavy atom. The highest BCUT2D eigenvalue weighted by Gasteiger charge is 2.44. The number of nitrogens with zero attached hydrogens (tertiary/aromatic N) is 1. The molecule has 3 nitrogen and oxygen atoms in total. The van der Waals surface area contributed by atoms with Crippen molar-refractivity contribution in [1.29, 1.82) is 0 Å². The summed E-state index contributed by atoms with van der Waals surface area (Å²) in [5.74, 6) is 1.63. The van der Waals surface area contributed by atoms with Crippen molar-refractivity contribution < 1.29 is 5.11 Å². The van der Waals surface area contributed by atoms with Crippen LogP contribution in [0.4, 0.5) is 0 Å². The molecule has 17 heavy (non-hydrogen) atoms. The first-order chi connectivity index (χ1) is 8.24. The van der Waals surface area contributed by atoms with E-state index in [4.69, 9.17) is 0 Å². The number of aliphatic hydroxyl groups is 1. The third kappa shape index (κ3) is 3.01. The van der Waals surface area contributed by atoms with E-state index >= 15 is 0 Å². The van der Waals surface area contributed by atoms with Gasteiger partial charge in [0, 0.05) is 6.54 Å². The average molecular weight is 240 g/mol. The fraction of sp³-hybridized carbons (Fsp3) is 1.00. The zero-order valence-electron chi connectivity index (χ0n) is 11.4.